The molecule has 6 nitrogen and oxygen atoms in total. The van der Waals surface area contributed by atoms with Gasteiger partial charge in [-0.2, -0.15) is 4.39 Å². The van der Waals surface area contributed by atoms with Crippen molar-refractivity contribution < 1.29 is 14.1 Å². The minimum atomic E-state index is -1.13. The van der Waals surface area contributed by atoms with Crippen LogP contribution in [-0.2, 0) is 5.54 Å². The molecule has 84 valence electrons. The van der Waals surface area contributed by atoms with E-state index in [1.165, 1.54) is 7.11 Å². The summed E-state index contributed by atoms with van der Waals surface area (Å²) in [5, 5.41) is 14.0. The molecule has 0 atom stereocenters. The molecule has 0 aliphatic carbocycles. The second kappa shape index (κ2) is 3.48. The van der Waals surface area contributed by atoms with Gasteiger partial charge in [-0.3, -0.25) is 10.1 Å². The van der Waals surface area contributed by atoms with Crippen LogP contribution in [0.3, 0.4) is 0 Å². The smallest absolute Gasteiger partial charge is 0.386 e. The van der Waals surface area contributed by atoms with Gasteiger partial charge in [0.1, 0.15) is 0 Å². The van der Waals surface area contributed by atoms with Crippen LogP contribution in [-0.4, -0.2) is 21.8 Å². The fourth-order valence-corrected chi connectivity index (χ4v) is 1.16. The molecule has 0 saturated carbocycles. The van der Waals surface area contributed by atoms with Gasteiger partial charge in [0.05, 0.1) is 17.6 Å². The van der Waals surface area contributed by atoms with Crippen LogP contribution >= 0.6 is 0 Å². The monoisotopic (exact) mass is 217 g/mol. The van der Waals surface area contributed by atoms with Gasteiger partial charge in [-0.15, -0.1) is 5.10 Å². The molecule has 0 radical (unpaired) electrons. The fraction of sp³-hybridized carbons (Fsp3) is 0.625. The Morgan fingerprint density at radius 2 is 2.07 bits per heavy atom. The van der Waals surface area contributed by atoms with Crippen LogP contribution in [0.1, 0.15) is 20.8 Å². The van der Waals surface area contributed by atoms with Gasteiger partial charge in [-0.25, -0.2) is 4.68 Å². The van der Waals surface area contributed by atoms with Crippen molar-refractivity contribution in [3.05, 3.63) is 16.1 Å². The van der Waals surface area contributed by atoms with Crippen molar-refractivity contribution in [3.8, 4) is 5.88 Å². The SMILES string of the molecule is COc1c([N+](=O)[O-])c(F)nn1C(C)(C)C. The number of methoxy groups -OCH3 is 1. The Bertz CT molecular complexity index is 395. The highest BCUT2D eigenvalue weighted by atomic mass is 19.1. The van der Waals surface area contributed by atoms with E-state index >= 15 is 0 Å². The Kier molecular flexibility index (Phi) is 2.65. The van der Waals surface area contributed by atoms with Crippen molar-refractivity contribution in [1.29, 1.82) is 0 Å². The Morgan fingerprint density at radius 1 is 1.53 bits per heavy atom. The molecule has 1 aromatic heterocycles. The van der Waals surface area contributed by atoms with Crippen molar-refractivity contribution in [2.45, 2.75) is 26.3 Å². The zero-order chi connectivity index (χ0) is 11.8. The molecule has 0 fully saturated rings. The summed E-state index contributed by atoms with van der Waals surface area (Å²) in [4.78, 5) is 9.73. The van der Waals surface area contributed by atoms with Crippen LogP contribution in [0.5, 0.6) is 5.88 Å². The molecule has 0 spiro atoms. The van der Waals surface area contributed by atoms with E-state index in [-0.39, 0.29) is 5.88 Å². The van der Waals surface area contributed by atoms with E-state index in [9.17, 15) is 14.5 Å². The zero-order valence-corrected chi connectivity index (χ0v) is 8.94. The van der Waals surface area contributed by atoms with E-state index in [0.29, 0.717) is 0 Å². The van der Waals surface area contributed by atoms with Crippen LogP contribution in [0.4, 0.5) is 10.1 Å². The highest BCUT2D eigenvalue weighted by molar-refractivity contribution is 5.41. The molecule has 7 heteroatoms. The van der Waals surface area contributed by atoms with E-state index in [0.717, 1.165) is 4.68 Å². The summed E-state index contributed by atoms with van der Waals surface area (Å²) in [5.74, 6) is -1.31. The third kappa shape index (κ3) is 1.90. The maximum absolute atomic E-state index is 13.2. The number of aromatic nitrogens is 2. The molecule has 0 aliphatic heterocycles. The maximum Gasteiger partial charge on any atom is 0.386 e. The van der Waals surface area contributed by atoms with E-state index in [4.69, 9.17) is 4.74 Å². The van der Waals surface area contributed by atoms with Crippen molar-refractivity contribution in [3.63, 3.8) is 0 Å². The first kappa shape index (κ1) is 11.4. The predicted molar refractivity (Wildman–Crippen MR) is 50.4 cm³/mol. The third-order valence-corrected chi connectivity index (χ3v) is 1.79. The van der Waals surface area contributed by atoms with Crippen LogP contribution in [0.15, 0.2) is 0 Å². The van der Waals surface area contributed by atoms with Gasteiger partial charge in [0.15, 0.2) is 0 Å². The van der Waals surface area contributed by atoms with Crippen LogP contribution in [0.2, 0.25) is 0 Å². The first-order chi connectivity index (χ1) is 6.79. The van der Waals surface area contributed by atoms with Crippen LogP contribution < -0.4 is 4.74 Å². The molecule has 0 saturated heterocycles. The predicted octanol–water partition coefficient (Wildman–Crippen LogP) is 1.69. The Labute approximate surface area is 85.8 Å². The lowest BCUT2D eigenvalue weighted by atomic mass is 10.1. The number of hydrogen-bond acceptors (Lipinski definition) is 4. The van der Waals surface area contributed by atoms with E-state index in [2.05, 4.69) is 5.10 Å². The quantitative estimate of drug-likeness (QED) is 0.558. The molecule has 1 rings (SSSR count). The summed E-state index contributed by atoms with van der Waals surface area (Å²) < 4.78 is 19.1. The van der Waals surface area contributed by atoms with Crippen molar-refractivity contribution >= 4 is 5.69 Å². The highest BCUT2D eigenvalue weighted by Gasteiger charge is 2.33. The van der Waals surface area contributed by atoms with Crippen LogP contribution in [0, 0.1) is 16.1 Å². The van der Waals surface area contributed by atoms with Crippen LogP contribution in [0.25, 0.3) is 0 Å². The molecule has 0 aromatic carbocycles. The topological polar surface area (TPSA) is 70.2 Å². The number of rotatable bonds is 2. The average Bonchev–Trinajstić information content (AvgIpc) is 2.41. The molecule has 0 bridgehead atoms. The van der Waals surface area contributed by atoms with E-state index < -0.39 is 22.1 Å². The Balaban J connectivity index is 3.45. The van der Waals surface area contributed by atoms with E-state index in [1.54, 1.807) is 20.8 Å². The fourth-order valence-electron chi connectivity index (χ4n) is 1.16. The summed E-state index contributed by atoms with van der Waals surface area (Å²) in [7, 11) is 1.24. The minimum Gasteiger partial charge on any atom is -0.476 e. The summed E-state index contributed by atoms with van der Waals surface area (Å²) in [5.41, 5.74) is -1.31. The Morgan fingerprint density at radius 3 is 2.40 bits per heavy atom. The average molecular weight is 217 g/mol. The van der Waals surface area contributed by atoms with Gasteiger partial charge in [-0.05, 0) is 20.8 Å². The summed E-state index contributed by atoms with van der Waals surface area (Å²) in [6, 6.07) is 0. The summed E-state index contributed by atoms with van der Waals surface area (Å²) in [6.07, 6.45) is 0. The van der Waals surface area contributed by atoms with Crippen molar-refractivity contribution in [2.24, 2.45) is 0 Å². The Hall–Kier alpha value is -1.66. The lowest BCUT2D eigenvalue weighted by Crippen LogP contribution is -2.24. The second-order valence-electron chi connectivity index (χ2n) is 3.99. The number of nitro groups is 1. The molecule has 0 unspecified atom stereocenters. The molecular weight excluding hydrogens is 205 g/mol. The number of ether oxygens (including phenoxy) is 1. The van der Waals surface area contributed by atoms with Gasteiger partial charge < -0.3 is 4.74 Å². The lowest BCUT2D eigenvalue weighted by molar-refractivity contribution is -0.388. The highest BCUT2D eigenvalue weighted by Crippen LogP contribution is 2.33. The number of hydrogen-bond donors (Lipinski definition) is 0. The zero-order valence-electron chi connectivity index (χ0n) is 8.94. The second-order valence-corrected chi connectivity index (χ2v) is 3.99. The molecule has 15 heavy (non-hydrogen) atoms. The largest absolute Gasteiger partial charge is 0.476 e. The maximum atomic E-state index is 13.2. The lowest BCUT2D eigenvalue weighted by Gasteiger charge is -2.20. The first-order valence-electron chi connectivity index (χ1n) is 4.26. The van der Waals surface area contributed by atoms with Crippen molar-refractivity contribution in [1.82, 2.24) is 9.78 Å². The third-order valence-electron chi connectivity index (χ3n) is 1.79. The minimum absolute atomic E-state index is 0.176. The first-order valence-corrected chi connectivity index (χ1v) is 4.26. The molecule has 1 heterocycles. The van der Waals surface area contributed by atoms with E-state index in [1.807, 2.05) is 0 Å². The normalized spacial score (nSPS) is 11.5. The molecular formula is C8H12FN3O3. The van der Waals surface area contributed by atoms with Gasteiger partial charge in [0.2, 0.25) is 0 Å². The van der Waals surface area contributed by atoms with Gasteiger partial charge in [0, 0.05) is 0 Å². The molecule has 1 aromatic rings. The summed E-state index contributed by atoms with van der Waals surface area (Å²) >= 11 is 0. The van der Waals surface area contributed by atoms with Gasteiger partial charge >= 0.3 is 11.6 Å². The molecule has 0 aliphatic rings. The standard InChI is InChI=1S/C8H12FN3O3/c1-8(2,3)11-7(15-4)5(12(13)14)6(9)10-11/h1-4H3. The molecule has 0 amide bonds. The van der Waals surface area contributed by atoms with Crippen molar-refractivity contribution in [2.75, 3.05) is 7.11 Å². The summed E-state index contributed by atoms with van der Waals surface area (Å²) in [6.45, 7) is 5.23. The van der Waals surface area contributed by atoms with Gasteiger partial charge in [0.25, 0.3) is 5.88 Å². The number of nitrogens with zero attached hydrogens (tertiary/aromatic N) is 3. The number of halogens is 1. The molecule has 0 N–H and O–H groups in total. The van der Waals surface area contributed by atoms with Gasteiger partial charge in [-0.1, -0.05) is 0 Å².